The van der Waals surface area contributed by atoms with Gasteiger partial charge < -0.3 is 15.6 Å². The Kier molecular flexibility index (Phi) is 6.35. The molecule has 0 aliphatic carbocycles. The Balaban J connectivity index is 2.63. The molecule has 0 aliphatic rings. The van der Waals surface area contributed by atoms with Crippen molar-refractivity contribution in [3.63, 3.8) is 0 Å². The standard InChI is InChI=1S/C13H20N2O3/c1-2-18-9-11-6-4-3-5-10(11)8-15-12(7-14)13(16)17/h3-6,12,15H,2,7-9,14H2,1H3,(H,16,17). The van der Waals surface area contributed by atoms with Crippen molar-refractivity contribution >= 4 is 5.97 Å². The maximum absolute atomic E-state index is 10.8. The van der Waals surface area contributed by atoms with Crippen LogP contribution < -0.4 is 11.1 Å². The number of hydrogen-bond donors (Lipinski definition) is 3. The van der Waals surface area contributed by atoms with Gasteiger partial charge in [0.2, 0.25) is 0 Å². The fourth-order valence-electron chi connectivity index (χ4n) is 1.59. The summed E-state index contributed by atoms with van der Waals surface area (Å²) < 4.78 is 5.37. The summed E-state index contributed by atoms with van der Waals surface area (Å²) in [4.78, 5) is 10.8. The van der Waals surface area contributed by atoms with E-state index in [1.807, 2.05) is 31.2 Å². The molecule has 0 spiro atoms. The number of carbonyl (C=O) groups is 1. The molecule has 0 radical (unpaired) electrons. The van der Waals surface area contributed by atoms with Gasteiger partial charge in [-0.1, -0.05) is 24.3 Å². The van der Waals surface area contributed by atoms with Gasteiger partial charge in [-0.15, -0.1) is 0 Å². The second-order valence-electron chi connectivity index (χ2n) is 3.91. The second-order valence-corrected chi connectivity index (χ2v) is 3.91. The molecule has 5 nitrogen and oxygen atoms in total. The van der Waals surface area contributed by atoms with Crippen molar-refractivity contribution in [3.05, 3.63) is 35.4 Å². The monoisotopic (exact) mass is 252 g/mol. The van der Waals surface area contributed by atoms with Crippen LogP contribution in [-0.2, 0) is 22.7 Å². The molecule has 4 N–H and O–H groups in total. The average molecular weight is 252 g/mol. The molecule has 1 rings (SSSR count). The number of hydrogen-bond acceptors (Lipinski definition) is 4. The molecule has 0 amide bonds. The van der Waals surface area contributed by atoms with Gasteiger partial charge in [0.1, 0.15) is 6.04 Å². The van der Waals surface area contributed by atoms with Gasteiger partial charge in [-0.3, -0.25) is 10.1 Å². The number of ether oxygens (including phenoxy) is 1. The molecular formula is C13H20N2O3. The molecule has 0 saturated heterocycles. The molecule has 100 valence electrons. The third-order valence-corrected chi connectivity index (χ3v) is 2.65. The summed E-state index contributed by atoms with van der Waals surface area (Å²) in [6, 6.07) is 7.08. The summed E-state index contributed by atoms with van der Waals surface area (Å²) in [5.41, 5.74) is 7.48. The third kappa shape index (κ3) is 4.44. The molecule has 0 fully saturated rings. The summed E-state index contributed by atoms with van der Waals surface area (Å²) in [6.45, 7) is 3.67. The minimum atomic E-state index is -0.931. The zero-order chi connectivity index (χ0) is 13.4. The lowest BCUT2D eigenvalue weighted by Gasteiger charge is -2.14. The Bertz CT molecular complexity index is 382. The fourth-order valence-corrected chi connectivity index (χ4v) is 1.59. The van der Waals surface area contributed by atoms with E-state index in [2.05, 4.69) is 5.32 Å². The van der Waals surface area contributed by atoms with E-state index in [4.69, 9.17) is 15.6 Å². The number of rotatable bonds is 8. The van der Waals surface area contributed by atoms with Crippen molar-refractivity contribution in [1.82, 2.24) is 5.32 Å². The second kappa shape index (κ2) is 7.81. The van der Waals surface area contributed by atoms with Gasteiger partial charge >= 0.3 is 5.97 Å². The fraction of sp³-hybridized carbons (Fsp3) is 0.462. The molecule has 0 saturated carbocycles. The van der Waals surface area contributed by atoms with Crippen molar-refractivity contribution in [2.24, 2.45) is 5.73 Å². The number of benzene rings is 1. The summed E-state index contributed by atoms with van der Waals surface area (Å²) in [6.07, 6.45) is 0. The Morgan fingerprint density at radius 3 is 2.67 bits per heavy atom. The highest BCUT2D eigenvalue weighted by atomic mass is 16.5. The molecule has 1 aromatic carbocycles. The van der Waals surface area contributed by atoms with Crippen LogP contribution >= 0.6 is 0 Å². The van der Waals surface area contributed by atoms with Crippen LogP contribution in [-0.4, -0.2) is 30.3 Å². The summed E-state index contributed by atoms with van der Waals surface area (Å²) in [7, 11) is 0. The van der Waals surface area contributed by atoms with Crippen molar-refractivity contribution in [2.75, 3.05) is 13.2 Å². The van der Waals surface area contributed by atoms with Gasteiger partial charge in [-0.2, -0.15) is 0 Å². The number of nitrogens with two attached hydrogens (primary N) is 1. The van der Waals surface area contributed by atoms with Gasteiger partial charge in [0.25, 0.3) is 0 Å². The van der Waals surface area contributed by atoms with E-state index in [-0.39, 0.29) is 6.54 Å². The first-order valence-electron chi connectivity index (χ1n) is 5.99. The predicted octanol–water partition coefficient (Wildman–Crippen LogP) is 0.725. The number of aliphatic carboxylic acids is 1. The van der Waals surface area contributed by atoms with Gasteiger partial charge in [-0.05, 0) is 18.1 Å². The molecule has 0 bridgehead atoms. The first kappa shape index (κ1) is 14.6. The van der Waals surface area contributed by atoms with Crippen LogP contribution in [0.1, 0.15) is 18.1 Å². The van der Waals surface area contributed by atoms with E-state index < -0.39 is 12.0 Å². The van der Waals surface area contributed by atoms with Gasteiger partial charge in [-0.25, -0.2) is 0 Å². The zero-order valence-corrected chi connectivity index (χ0v) is 10.6. The summed E-state index contributed by atoms with van der Waals surface area (Å²) in [5.74, 6) is -0.931. The lowest BCUT2D eigenvalue weighted by molar-refractivity contribution is -0.139. The molecule has 1 unspecified atom stereocenters. The van der Waals surface area contributed by atoms with Crippen LogP contribution in [0, 0.1) is 0 Å². The number of nitrogens with one attached hydrogen (secondary N) is 1. The molecule has 5 heteroatoms. The van der Waals surface area contributed by atoms with Crippen molar-refractivity contribution in [2.45, 2.75) is 26.1 Å². The van der Waals surface area contributed by atoms with E-state index in [0.29, 0.717) is 19.8 Å². The molecule has 1 atom stereocenters. The van der Waals surface area contributed by atoms with Crippen LogP contribution in [0.3, 0.4) is 0 Å². The largest absolute Gasteiger partial charge is 0.480 e. The Labute approximate surface area is 107 Å². The van der Waals surface area contributed by atoms with Crippen LogP contribution in [0.5, 0.6) is 0 Å². The van der Waals surface area contributed by atoms with E-state index in [1.54, 1.807) is 0 Å². The predicted molar refractivity (Wildman–Crippen MR) is 69.1 cm³/mol. The normalized spacial score (nSPS) is 12.3. The smallest absolute Gasteiger partial charge is 0.322 e. The van der Waals surface area contributed by atoms with Crippen molar-refractivity contribution in [1.29, 1.82) is 0 Å². The zero-order valence-electron chi connectivity index (χ0n) is 10.6. The lowest BCUT2D eigenvalue weighted by atomic mass is 10.1. The molecule has 0 aromatic heterocycles. The molecule has 1 aromatic rings. The highest BCUT2D eigenvalue weighted by Crippen LogP contribution is 2.10. The van der Waals surface area contributed by atoms with Gasteiger partial charge in [0.15, 0.2) is 0 Å². The maximum atomic E-state index is 10.8. The minimum absolute atomic E-state index is 0.0724. The maximum Gasteiger partial charge on any atom is 0.322 e. The van der Waals surface area contributed by atoms with Gasteiger partial charge in [0, 0.05) is 19.7 Å². The Morgan fingerprint density at radius 1 is 1.44 bits per heavy atom. The van der Waals surface area contributed by atoms with Crippen LogP contribution in [0.2, 0.25) is 0 Å². The summed E-state index contributed by atoms with van der Waals surface area (Å²) in [5, 5.41) is 11.8. The Morgan fingerprint density at radius 2 is 2.11 bits per heavy atom. The van der Waals surface area contributed by atoms with Gasteiger partial charge in [0.05, 0.1) is 6.61 Å². The number of carboxylic acid groups (broad SMARTS) is 1. The molecular weight excluding hydrogens is 232 g/mol. The third-order valence-electron chi connectivity index (χ3n) is 2.65. The van der Waals surface area contributed by atoms with E-state index in [0.717, 1.165) is 11.1 Å². The highest BCUT2D eigenvalue weighted by molar-refractivity contribution is 5.73. The van der Waals surface area contributed by atoms with Crippen LogP contribution in [0.25, 0.3) is 0 Å². The first-order chi connectivity index (χ1) is 8.69. The average Bonchev–Trinajstić information content (AvgIpc) is 2.38. The number of carboxylic acids is 1. The van der Waals surface area contributed by atoms with Crippen LogP contribution in [0.15, 0.2) is 24.3 Å². The topological polar surface area (TPSA) is 84.6 Å². The van der Waals surface area contributed by atoms with E-state index in [9.17, 15) is 4.79 Å². The Hall–Kier alpha value is -1.43. The minimum Gasteiger partial charge on any atom is -0.480 e. The highest BCUT2D eigenvalue weighted by Gasteiger charge is 2.14. The quantitative estimate of drug-likeness (QED) is 0.635. The SMILES string of the molecule is CCOCc1ccccc1CNC(CN)C(=O)O. The van der Waals surface area contributed by atoms with E-state index in [1.165, 1.54) is 0 Å². The van der Waals surface area contributed by atoms with Crippen LogP contribution in [0.4, 0.5) is 0 Å². The summed E-state index contributed by atoms with van der Waals surface area (Å²) >= 11 is 0. The van der Waals surface area contributed by atoms with Crippen molar-refractivity contribution in [3.8, 4) is 0 Å². The van der Waals surface area contributed by atoms with E-state index >= 15 is 0 Å². The molecule has 18 heavy (non-hydrogen) atoms. The molecule has 0 heterocycles. The molecule has 0 aliphatic heterocycles. The van der Waals surface area contributed by atoms with Crippen molar-refractivity contribution < 1.29 is 14.6 Å². The first-order valence-corrected chi connectivity index (χ1v) is 5.99. The lowest BCUT2D eigenvalue weighted by Crippen LogP contribution is -2.42.